The second-order valence-corrected chi connectivity index (χ2v) is 9.69. The number of rotatable bonds is 8. The number of thiophene rings is 1. The Morgan fingerprint density at radius 2 is 2.00 bits per heavy atom. The van der Waals surface area contributed by atoms with Crippen molar-refractivity contribution in [3.05, 3.63) is 56.4 Å². The molecule has 3 N–H and O–H groups in total. The molecule has 2 aliphatic carbocycles. The summed E-state index contributed by atoms with van der Waals surface area (Å²) in [6.45, 7) is -0.472. The number of para-hydroxylation sites is 1. The lowest BCUT2D eigenvalue weighted by molar-refractivity contribution is -0.147. The van der Waals surface area contributed by atoms with Crippen molar-refractivity contribution < 1.29 is 19.1 Å². The Morgan fingerprint density at radius 3 is 2.76 bits per heavy atom. The fraction of sp³-hybridized carbons (Fsp3) is 0.375. The molecule has 2 aromatic heterocycles. The monoisotopic (exact) mass is 480 g/mol. The summed E-state index contributed by atoms with van der Waals surface area (Å²) in [5.41, 5.74) is 7.28. The molecule has 0 radical (unpaired) electrons. The van der Waals surface area contributed by atoms with Crippen LogP contribution in [0.2, 0.25) is 0 Å². The van der Waals surface area contributed by atoms with Crippen LogP contribution in [-0.4, -0.2) is 33.9 Å². The second-order valence-electron chi connectivity index (χ2n) is 8.59. The third-order valence-electron chi connectivity index (χ3n) is 6.13. The first-order chi connectivity index (χ1) is 16.4. The van der Waals surface area contributed by atoms with Crippen LogP contribution in [0.15, 0.2) is 29.1 Å². The minimum absolute atomic E-state index is 0.00931. The van der Waals surface area contributed by atoms with Crippen LogP contribution >= 0.6 is 11.3 Å². The number of benzene rings is 1. The standard InChI is InChI=1S/C24H24N4O5S/c25-22(31)21-15-5-3-7-17(15)34-23(21)27-19(29)12-33-20(30)11-10-18-26-16-6-2-1-4-14(16)24(32)28(18)13-8-9-13/h1-2,4,6,13H,3,5,7-12H2,(H2,25,31)(H,27,29). The van der Waals surface area contributed by atoms with Gasteiger partial charge >= 0.3 is 5.97 Å². The molecule has 2 aliphatic rings. The number of aryl methyl sites for hydroxylation is 2. The summed E-state index contributed by atoms with van der Waals surface area (Å²) < 4.78 is 6.82. The predicted molar refractivity (Wildman–Crippen MR) is 127 cm³/mol. The van der Waals surface area contributed by atoms with Crippen molar-refractivity contribution in [2.45, 2.75) is 51.0 Å². The normalized spacial score (nSPS) is 14.7. The van der Waals surface area contributed by atoms with E-state index in [2.05, 4.69) is 10.3 Å². The Bertz CT molecular complexity index is 1370. The van der Waals surface area contributed by atoms with Crippen LogP contribution in [0.1, 0.15) is 58.3 Å². The molecule has 1 saturated carbocycles. The average Bonchev–Trinajstić information content (AvgIpc) is 3.44. The molecule has 176 valence electrons. The first-order valence-electron chi connectivity index (χ1n) is 11.3. The average molecular weight is 481 g/mol. The number of fused-ring (bicyclic) bond motifs is 2. The molecule has 9 nitrogen and oxygen atoms in total. The third kappa shape index (κ3) is 4.33. The van der Waals surface area contributed by atoms with E-state index in [4.69, 9.17) is 10.5 Å². The highest BCUT2D eigenvalue weighted by Crippen LogP contribution is 2.39. The number of anilines is 1. The van der Waals surface area contributed by atoms with Gasteiger partial charge in [-0.05, 0) is 49.8 Å². The molecule has 1 fully saturated rings. The van der Waals surface area contributed by atoms with Crippen molar-refractivity contribution in [3.8, 4) is 0 Å². The number of nitrogens with zero attached hydrogens (tertiary/aromatic N) is 2. The van der Waals surface area contributed by atoms with Crippen LogP contribution in [0.3, 0.4) is 0 Å². The lowest BCUT2D eigenvalue weighted by Gasteiger charge is -2.12. The Hall–Kier alpha value is -3.53. The maximum absolute atomic E-state index is 12.9. The number of esters is 1. The molecule has 0 atom stereocenters. The van der Waals surface area contributed by atoms with Gasteiger partial charge in [0, 0.05) is 17.3 Å². The lowest BCUT2D eigenvalue weighted by atomic mass is 10.1. The molecule has 0 aliphatic heterocycles. The van der Waals surface area contributed by atoms with Gasteiger partial charge in [-0.2, -0.15) is 0 Å². The van der Waals surface area contributed by atoms with Crippen molar-refractivity contribution in [2.75, 3.05) is 11.9 Å². The van der Waals surface area contributed by atoms with Gasteiger partial charge in [0.05, 0.1) is 22.9 Å². The van der Waals surface area contributed by atoms with Gasteiger partial charge in [0.15, 0.2) is 6.61 Å². The molecule has 5 rings (SSSR count). The minimum Gasteiger partial charge on any atom is -0.456 e. The summed E-state index contributed by atoms with van der Waals surface area (Å²) >= 11 is 1.35. The molecule has 1 aromatic carbocycles. The molecule has 2 amide bonds. The lowest BCUT2D eigenvalue weighted by Crippen LogP contribution is -2.26. The molecule has 0 spiro atoms. The van der Waals surface area contributed by atoms with Crippen molar-refractivity contribution >= 4 is 45.0 Å². The highest BCUT2D eigenvalue weighted by Gasteiger charge is 2.29. The van der Waals surface area contributed by atoms with Gasteiger partial charge in [-0.3, -0.25) is 23.7 Å². The highest BCUT2D eigenvalue weighted by atomic mass is 32.1. The van der Waals surface area contributed by atoms with E-state index in [9.17, 15) is 19.2 Å². The number of aromatic nitrogens is 2. The third-order valence-corrected chi connectivity index (χ3v) is 7.34. The summed E-state index contributed by atoms with van der Waals surface area (Å²) in [4.78, 5) is 55.1. The molecule has 0 saturated heterocycles. The van der Waals surface area contributed by atoms with Crippen LogP contribution in [0.4, 0.5) is 5.00 Å². The highest BCUT2D eigenvalue weighted by molar-refractivity contribution is 7.17. The van der Waals surface area contributed by atoms with E-state index >= 15 is 0 Å². The van der Waals surface area contributed by atoms with Crippen LogP contribution in [0, 0.1) is 0 Å². The van der Waals surface area contributed by atoms with E-state index in [1.165, 1.54) is 11.3 Å². The number of ether oxygens (including phenoxy) is 1. The van der Waals surface area contributed by atoms with Gasteiger partial charge in [0.2, 0.25) is 0 Å². The first kappa shape index (κ1) is 22.3. The fourth-order valence-electron chi connectivity index (χ4n) is 4.43. The maximum Gasteiger partial charge on any atom is 0.306 e. The summed E-state index contributed by atoms with van der Waals surface area (Å²) in [6.07, 6.45) is 4.65. The molecule has 10 heteroatoms. The zero-order valence-electron chi connectivity index (χ0n) is 18.5. The largest absolute Gasteiger partial charge is 0.456 e. The minimum atomic E-state index is -0.573. The van der Waals surface area contributed by atoms with Crippen molar-refractivity contribution in [1.29, 1.82) is 0 Å². The van der Waals surface area contributed by atoms with Gasteiger partial charge in [-0.25, -0.2) is 4.98 Å². The number of hydrogen-bond donors (Lipinski definition) is 2. The predicted octanol–water partition coefficient (Wildman–Crippen LogP) is 2.50. The number of amides is 2. The quantitative estimate of drug-likeness (QED) is 0.476. The second kappa shape index (κ2) is 9.02. The maximum atomic E-state index is 12.9. The zero-order chi connectivity index (χ0) is 23.8. The number of carbonyl (C=O) groups excluding carboxylic acids is 3. The number of hydrogen-bond acceptors (Lipinski definition) is 7. The van der Waals surface area contributed by atoms with Crippen LogP contribution in [-0.2, 0) is 33.6 Å². The van der Waals surface area contributed by atoms with Gasteiger partial charge in [-0.1, -0.05) is 12.1 Å². The van der Waals surface area contributed by atoms with E-state index < -0.39 is 24.4 Å². The van der Waals surface area contributed by atoms with E-state index in [0.717, 1.165) is 42.5 Å². The number of carbonyl (C=O) groups is 3. The Morgan fingerprint density at radius 1 is 1.21 bits per heavy atom. The van der Waals surface area contributed by atoms with Gasteiger partial charge in [-0.15, -0.1) is 11.3 Å². The smallest absolute Gasteiger partial charge is 0.306 e. The number of nitrogens with one attached hydrogen (secondary N) is 1. The topological polar surface area (TPSA) is 133 Å². The molecule has 3 aromatic rings. The van der Waals surface area contributed by atoms with E-state index in [1.54, 1.807) is 22.8 Å². The molecular weight excluding hydrogens is 456 g/mol. The fourth-order valence-corrected chi connectivity index (χ4v) is 5.74. The van der Waals surface area contributed by atoms with Gasteiger partial charge in [0.1, 0.15) is 10.8 Å². The van der Waals surface area contributed by atoms with E-state index in [0.29, 0.717) is 27.3 Å². The summed E-state index contributed by atoms with van der Waals surface area (Å²) in [5.74, 6) is -1.12. The molecule has 0 unspecified atom stereocenters. The van der Waals surface area contributed by atoms with Crippen LogP contribution < -0.4 is 16.6 Å². The van der Waals surface area contributed by atoms with Crippen molar-refractivity contribution in [1.82, 2.24) is 9.55 Å². The summed E-state index contributed by atoms with van der Waals surface area (Å²) in [5, 5.41) is 3.63. The number of primary amides is 1. The molecule has 2 heterocycles. The van der Waals surface area contributed by atoms with Crippen LogP contribution in [0.25, 0.3) is 10.9 Å². The summed E-state index contributed by atoms with van der Waals surface area (Å²) in [7, 11) is 0. The SMILES string of the molecule is NC(=O)c1c(NC(=O)COC(=O)CCc2nc3ccccc3c(=O)n2C2CC2)sc2c1CCC2. The first-order valence-corrected chi connectivity index (χ1v) is 12.1. The van der Waals surface area contributed by atoms with E-state index in [1.807, 2.05) is 6.07 Å². The van der Waals surface area contributed by atoms with Crippen LogP contribution in [0.5, 0.6) is 0 Å². The number of nitrogens with two attached hydrogens (primary N) is 1. The Labute approximate surface area is 198 Å². The Balaban J connectivity index is 1.21. The van der Waals surface area contributed by atoms with Gasteiger partial charge < -0.3 is 15.8 Å². The zero-order valence-corrected chi connectivity index (χ0v) is 19.3. The van der Waals surface area contributed by atoms with Crippen molar-refractivity contribution in [3.63, 3.8) is 0 Å². The van der Waals surface area contributed by atoms with Gasteiger partial charge in [0.25, 0.3) is 17.4 Å². The Kier molecular flexibility index (Phi) is 5.91. The van der Waals surface area contributed by atoms with E-state index in [-0.39, 0.29) is 24.4 Å². The summed E-state index contributed by atoms with van der Waals surface area (Å²) in [6, 6.07) is 7.28. The molecule has 0 bridgehead atoms. The van der Waals surface area contributed by atoms with Crippen molar-refractivity contribution in [2.24, 2.45) is 5.73 Å². The molecular formula is C24H24N4O5S. The molecule has 34 heavy (non-hydrogen) atoms.